The smallest absolute Gasteiger partial charge is 0.252 e. The van der Waals surface area contributed by atoms with Crippen molar-refractivity contribution in [3.63, 3.8) is 0 Å². The van der Waals surface area contributed by atoms with E-state index in [0.717, 1.165) is 0 Å². The summed E-state index contributed by atoms with van der Waals surface area (Å²) in [6.45, 7) is 4.86. The highest BCUT2D eigenvalue weighted by Crippen LogP contribution is 2.35. The Hall–Kier alpha value is -2.71. The average molecular weight is 419 g/mol. The van der Waals surface area contributed by atoms with Crippen molar-refractivity contribution in [2.45, 2.75) is 30.4 Å². The molecule has 0 radical (unpaired) electrons. The lowest BCUT2D eigenvalue weighted by atomic mass is 10.1. The second-order valence-electron chi connectivity index (χ2n) is 7.20. The van der Waals surface area contributed by atoms with Crippen molar-refractivity contribution in [1.82, 2.24) is 9.97 Å². The fraction of sp³-hybridized carbons (Fsp3) is 0.211. The first-order valence-electron chi connectivity index (χ1n) is 8.36. The van der Waals surface area contributed by atoms with Gasteiger partial charge in [0.1, 0.15) is 0 Å². The van der Waals surface area contributed by atoms with Crippen LogP contribution >= 0.6 is 11.6 Å². The van der Waals surface area contributed by atoms with E-state index >= 15 is 0 Å². The third-order valence-electron chi connectivity index (χ3n) is 4.20. The van der Waals surface area contributed by atoms with Crippen LogP contribution in [-0.4, -0.2) is 29.0 Å². The van der Waals surface area contributed by atoms with Gasteiger partial charge in [0.25, 0.3) is 5.91 Å². The molecule has 0 atom stereocenters. The van der Waals surface area contributed by atoms with E-state index in [-0.39, 0.29) is 16.0 Å². The van der Waals surface area contributed by atoms with Crippen LogP contribution in [0.1, 0.15) is 31.1 Å². The lowest BCUT2D eigenvalue weighted by molar-refractivity contribution is 0.100. The number of amides is 1. The van der Waals surface area contributed by atoms with E-state index in [1.54, 1.807) is 39.0 Å². The van der Waals surface area contributed by atoms with E-state index in [2.05, 4.69) is 15.3 Å². The number of fused-ring (bicyclic) bond motifs is 1. The molecule has 3 aromatic rings. The lowest BCUT2D eigenvalue weighted by Crippen LogP contribution is -2.28. The fourth-order valence-corrected chi connectivity index (χ4v) is 4.20. The van der Waals surface area contributed by atoms with Crippen molar-refractivity contribution in [3.05, 3.63) is 53.4 Å². The monoisotopic (exact) mass is 418 g/mol. The van der Waals surface area contributed by atoms with E-state index in [1.165, 1.54) is 24.7 Å². The van der Waals surface area contributed by atoms with Crippen molar-refractivity contribution in [3.8, 4) is 0 Å². The van der Waals surface area contributed by atoms with Crippen LogP contribution in [0.3, 0.4) is 0 Å². The summed E-state index contributed by atoms with van der Waals surface area (Å²) < 4.78 is 25.0. The number of nitrogens with two attached hydrogens (primary N) is 1. The summed E-state index contributed by atoms with van der Waals surface area (Å²) in [6, 6.07) is 6.41. The molecule has 0 saturated heterocycles. The summed E-state index contributed by atoms with van der Waals surface area (Å²) in [7, 11) is -3.67. The molecule has 2 aromatic heterocycles. The van der Waals surface area contributed by atoms with Gasteiger partial charge in [0.05, 0.1) is 43.3 Å². The topological polar surface area (TPSA) is 115 Å². The Bertz CT molecular complexity index is 1190. The Morgan fingerprint density at radius 2 is 1.89 bits per heavy atom. The van der Waals surface area contributed by atoms with Gasteiger partial charge in [-0.05, 0) is 32.9 Å². The number of rotatable bonds is 4. The molecule has 0 unspecified atom stereocenters. The first-order chi connectivity index (χ1) is 13.0. The normalized spacial score (nSPS) is 12.1. The van der Waals surface area contributed by atoms with Gasteiger partial charge in [0.2, 0.25) is 0 Å². The van der Waals surface area contributed by atoms with Crippen molar-refractivity contribution in [2.75, 3.05) is 5.32 Å². The zero-order valence-electron chi connectivity index (χ0n) is 15.5. The molecule has 1 aromatic carbocycles. The number of hydrogen-bond acceptors (Lipinski definition) is 6. The van der Waals surface area contributed by atoms with Gasteiger partial charge in [0.15, 0.2) is 9.84 Å². The highest BCUT2D eigenvalue weighted by Gasteiger charge is 2.33. The number of sulfone groups is 1. The summed E-state index contributed by atoms with van der Waals surface area (Å²) in [5.74, 6) is -0.698. The number of benzene rings is 1. The minimum atomic E-state index is -3.67. The third-order valence-corrected chi connectivity index (χ3v) is 6.92. The molecule has 146 valence electrons. The average Bonchev–Trinajstić information content (AvgIpc) is 2.60. The Morgan fingerprint density at radius 1 is 1.18 bits per heavy atom. The molecule has 3 N–H and O–H groups in total. The van der Waals surface area contributed by atoms with Crippen LogP contribution < -0.4 is 11.1 Å². The molecule has 2 heterocycles. The van der Waals surface area contributed by atoms with Gasteiger partial charge in [-0.2, -0.15) is 0 Å². The number of primary amides is 1. The molecule has 0 aliphatic heterocycles. The molecule has 28 heavy (non-hydrogen) atoms. The maximum absolute atomic E-state index is 13.0. The van der Waals surface area contributed by atoms with Crippen LogP contribution in [0.5, 0.6) is 0 Å². The molecule has 0 fully saturated rings. The molecule has 1 amide bonds. The van der Waals surface area contributed by atoms with Crippen LogP contribution in [0.15, 0.2) is 47.8 Å². The largest absolute Gasteiger partial charge is 0.365 e. The minimum absolute atomic E-state index is 0.0841. The van der Waals surface area contributed by atoms with Gasteiger partial charge in [-0.1, -0.05) is 23.7 Å². The Balaban J connectivity index is 2.31. The molecule has 0 spiro atoms. The number of carbonyl (C=O) groups is 1. The van der Waals surface area contributed by atoms with Crippen molar-refractivity contribution >= 4 is 49.6 Å². The third kappa shape index (κ3) is 3.53. The Morgan fingerprint density at radius 3 is 2.50 bits per heavy atom. The minimum Gasteiger partial charge on any atom is -0.365 e. The summed E-state index contributed by atoms with van der Waals surface area (Å²) in [4.78, 5) is 20.3. The number of para-hydroxylation sites is 1. The first kappa shape index (κ1) is 20.0. The van der Waals surface area contributed by atoms with Crippen LogP contribution in [0.25, 0.3) is 10.9 Å². The summed E-state index contributed by atoms with van der Waals surface area (Å²) in [5, 5.41) is 3.92. The number of hydrogen-bond donors (Lipinski definition) is 2. The number of nitrogens with zero attached hydrogens (tertiary/aromatic N) is 2. The van der Waals surface area contributed by atoms with Gasteiger partial charge < -0.3 is 11.1 Å². The standard InChI is InChI=1S/C19H19ClN4O3S/c1-19(2,3)28(26,27)15-6-4-5-13-16(14(18(21)25)10-23-17(13)15)24-12-7-11(20)8-22-9-12/h4-10H,1-3H3,(H2,21,25)(H,23,24). The van der Waals surface area contributed by atoms with E-state index in [1.807, 2.05) is 0 Å². The molecule has 0 saturated carbocycles. The zero-order chi connectivity index (χ0) is 20.7. The molecular formula is C19H19ClN4O3S. The lowest BCUT2D eigenvalue weighted by Gasteiger charge is -2.21. The van der Waals surface area contributed by atoms with Gasteiger partial charge in [-0.25, -0.2) is 8.42 Å². The van der Waals surface area contributed by atoms with E-state index in [4.69, 9.17) is 17.3 Å². The highest BCUT2D eigenvalue weighted by atomic mass is 35.5. The predicted octanol–water partition coefficient (Wildman–Crippen LogP) is 3.70. The number of carbonyl (C=O) groups excluding carboxylic acids is 1. The van der Waals surface area contributed by atoms with Crippen molar-refractivity contribution in [1.29, 1.82) is 0 Å². The van der Waals surface area contributed by atoms with Crippen molar-refractivity contribution < 1.29 is 13.2 Å². The van der Waals surface area contributed by atoms with Crippen LogP contribution in [0, 0.1) is 0 Å². The van der Waals surface area contributed by atoms with Crippen LogP contribution in [0.4, 0.5) is 11.4 Å². The van der Waals surface area contributed by atoms with E-state index in [0.29, 0.717) is 21.8 Å². The second-order valence-corrected chi connectivity index (χ2v) is 10.3. The summed E-state index contributed by atoms with van der Waals surface area (Å²) >= 11 is 5.98. The van der Waals surface area contributed by atoms with E-state index < -0.39 is 20.5 Å². The van der Waals surface area contributed by atoms with Crippen molar-refractivity contribution in [2.24, 2.45) is 5.73 Å². The maximum Gasteiger partial charge on any atom is 0.252 e. The molecule has 7 nitrogen and oxygen atoms in total. The van der Waals surface area contributed by atoms with E-state index in [9.17, 15) is 13.2 Å². The van der Waals surface area contributed by atoms with Gasteiger partial charge >= 0.3 is 0 Å². The number of anilines is 2. The van der Waals surface area contributed by atoms with Gasteiger partial charge in [-0.3, -0.25) is 14.8 Å². The zero-order valence-corrected chi connectivity index (χ0v) is 17.1. The summed E-state index contributed by atoms with van der Waals surface area (Å²) in [6.07, 6.45) is 4.27. The molecule has 0 bridgehead atoms. The number of nitrogens with one attached hydrogen (secondary N) is 1. The summed E-state index contributed by atoms with van der Waals surface area (Å²) in [5.41, 5.74) is 6.74. The SMILES string of the molecule is CC(C)(C)S(=O)(=O)c1cccc2c(Nc3cncc(Cl)c3)c(C(N)=O)cnc12. The van der Waals surface area contributed by atoms with Crippen LogP contribution in [0.2, 0.25) is 5.02 Å². The number of halogens is 1. The fourth-order valence-electron chi connectivity index (χ4n) is 2.69. The molecular weight excluding hydrogens is 400 g/mol. The quantitative estimate of drug-likeness (QED) is 0.667. The molecule has 0 aliphatic carbocycles. The Kier molecular flexibility index (Phi) is 5.03. The van der Waals surface area contributed by atoms with Gasteiger partial charge in [-0.15, -0.1) is 0 Å². The van der Waals surface area contributed by atoms with Crippen LogP contribution in [-0.2, 0) is 9.84 Å². The molecule has 9 heteroatoms. The predicted molar refractivity (Wildman–Crippen MR) is 110 cm³/mol. The second kappa shape index (κ2) is 7.03. The first-order valence-corrected chi connectivity index (χ1v) is 10.2. The molecule has 3 rings (SSSR count). The number of aromatic nitrogens is 2. The Labute approximate surface area is 167 Å². The maximum atomic E-state index is 13.0. The highest BCUT2D eigenvalue weighted by molar-refractivity contribution is 7.93. The van der Waals surface area contributed by atoms with Gasteiger partial charge in [0, 0.05) is 17.8 Å². The number of pyridine rings is 2. The molecule has 0 aliphatic rings.